The van der Waals surface area contributed by atoms with Crippen molar-refractivity contribution < 1.29 is 4.79 Å². The number of benzene rings is 1. The van der Waals surface area contributed by atoms with Gasteiger partial charge in [0.25, 0.3) is 5.91 Å². The Labute approximate surface area is 118 Å². The fourth-order valence-corrected chi connectivity index (χ4v) is 3.36. The summed E-state index contributed by atoms with van der Waals surface area (Å²) < 4.78 is 0.937. The summed E-state index contributed by atoms with van der Waals surface area (Å²) >= 11 is 6.99. The van der Waals surface area contributed by atoms with Crippen LogP contribution in [-0.2, 0) is 0 Å². The summed E-state index contributed by atoms with van der Waals surface area (Å²) in [5.41, 5.74) is 0.716. The fraction of sp³-hybridized carbons (Fsp3) is 0.462. The number of carbonyl (C=O) groups is 1. The van der Waals surface area contributed by atoms with Crippen molar-refractivity contribution in [3.63, 3.8) is 0 Å². The number of rotatable bonds is 3. The number of amides is 1. The molecule has 1 fully saturated rings. The maximum absolute atomic E-state index is 11.9. The van der Waals surface area contributed by atoms with E-state index >= 15 is 0 Å². The average molecular weight is 361 g/mol. The molecule has 1 N–H and O–H groups in total. The number of nitrogens with one attached hydrogen (secondary N) is 1. The summed E-state index contributed by atoms with van der Waals surface area (Å²) in [6.07, 6.45) is 3.59. The second-order valence-electron chi connectivity index (χ2n) is 4.50. The number of carbonyl (C=O) groups excluding carboxylic acids is 1. The lowest BCUT2D eigenvalue weighted by molar-refractivity contribution is 0.0947. The highest BCUT2D eigenvalue weighted by molar-refractivity contribution is 9.10. The maximum atomic E-state index is 11.9. The molecule has 0 aliphatic heterocycles. The van der Waals surface area contributed by atoms with Crippen molar-refractivity contribution in [2.24, 2.45) is 5.92 Å². The minimum atomic E-state index is 0.0179. The van der Waals surface area contributed by atoms with E-state index in [9.17, 15) is 4.79 Å². The van der Waals surface area contributed by atoms with E-state index in [0.717, 1.165) is 11.0 Å². The third kappa shape index (κ3) is 3.81. The zero-order valence-electron chi connectivity index (χ0n) is 9.46. The van der Waals surface area contributed by atoms with Gasteiger partial charge in [0.05, 0.1) is 0 Å². The van der Waals surface area contributed by atoms with Crippen molar-refractivity contribution in [1.29, 1.82) is 0 Å². The molecule has 2 unspecified atom stereocenters. The zero-order chi connectivity index (χ0) is 12.3. The van der Waals surface area contributed by atoms with Gasteiger partial charge < -0.3 is 5.32 Å². The molecule has 2 atom stereocenters. The Bertz CT molecular complexity index is 408. The van der Waals surface area contributed by atoms with Crippen molar-refractivity contribution in [3.05, 3.63) is 34.3 Å². The van der Waals surface area contributed by atoms with Crippen LogP contribution in [0.25, 0.3) is 0 Å². The first-order valence-electron chi connectivity index (χ1n) is 5.83. The van der Waals surface area contributed by atoms with Crippen LogP contribution in [0, 0.1) is 5.92 Å². The Morgan fingerprint density at radius 3 is 2.88 bits per heavy atom. The predicted molar refractivity (Wildman–Crippen MR) is 76.5 cm³/mol. The Morgan fingerprint density at radius 1 is 1.41 bits per heavy atom. The molecular formula is C13H15Br2NO. The highest BCUT2D eigenvalue weighted by Crippen LogP contribution is 2.30. The molecule has 1 aliphatic carbocycles. The molecule has 1 aliphatic rings. The van der Waals surface area contributed by atoms with E-state index in [4.69, 9.17) is 0 Å². The van der Waals surface area contributed by atoms with Crippen LogP contribution in [0.15, 0.2) is 28.7 Å². The van der Waals surface area contributed by atoms with Gasteiger partial charge in [-0.3, -0.25) is 4.79 Å². The van der Waals surface area contributed by atoms with Crippen molar-refractivity contribution in [1.82, 2.24) is 5.32 Å². The Morgan fingerprint density at radius 2 is 2.24 bits per heavy atom. The third-order valence-electron chi connectivity index (χ3n) is 3.12. The molecule has 0 radical (unpaired) electrons. The minimum absolute atomic E-state index is 0.0179. The molecule has 0 bridgehead atoms. The molecule has 0 heterocycles. The lowest BCUT2D eigenvalue weighted by Gasteiger charge is -2.11. The highest BCUT2D eigenvalue weighted by Gasteiger charge is 2.22. The second kappa shape index (κ2) is 6.01. The van der Waals surface area contributed by atoms with Gasteiger partial charge in [-0.05, 0) is 43.4 Å². The van der Waals surface area contributed by atoms with Crippen LogP contribution in [0.2, 0.25) is 0 Å². The van der Waals surface area contributed by atoms with Crippen LogP contribution in [0.1, 0.15) is 29.6 Å². The van der Waals surface area contributed by atoms with E-state index < -0.39 is 0 Å². The molecule has 4 heteroatoms. The van der Waals surface area contributed by atoms with Crippen LogP contribution in [-0.4, -0.2) is 17.3 Å². The Balaban J connectivity index is 1.85. The lowest BCUT2D eigenvalue weighted by Crippen LogP contribution is -2.28. The topological polar surface area (TPSA) is 29.1 Å². The molecule has 2 nitrogen and oxygen atoms in total. The fourth-order valence-electron chi connectivity index (χ4n) is 2.17. The van der Waals surface area contributed by atoms with Gasteiger partial charge in [0.2, 0.25) is 0 Å². The molecular weight excluding hydrogens is 346 g/mol. The van der Waals surface area contributed by atoms with Crippen LogP contribution >= 0.6 is 31.9 Å². The average Bonchev–Trinajstić information content (AvgIpc) is 2.72. The number of alkyl halides is 1. The molecule has 1 aromatic carbocycles. The summed E-state index contributed by atoms with van der Waals surface area (Å²) in [6, 6.07) is 7.48. The van der Waals surface area contributed by atoms with Gasteiger partial charge in [-0.25, -0.2) is 0 Å². The Kier molecular flexibility index (Phi) is 4.62. The number of hydrogen-bond donors (Lipinski definition) is 1. The van der Waals surface area contributed by atoms with Crippen LogP contribution < -0.4 is 5.32 Å². The van der Waals surface area contributed by atoms with Gasteiger partial charge in [0.1, 0.15) is 0 Å². The lowest BCUT2D eigenvalue weighted by atomic mass is 10.1. The SMILES string of the molecule is O=C(NCC1CCC(Br)C1)c1cccc(Br)c1. The highest BCUT2D eigenvalue weighted by atomic mass is 79.9. The monoisotopic (exact) mass is 359 g/mol. The molecule has 1 amide bonds. The first-order valence-corrected chi connectivity index (χ1v) is 7.54. The summed E-state index contributed by atoms with van der Waals surface area (Å²) in [5, 5.41) is 3.01. The summed E-state index contributed by atoms with van der Waals surface area (Å²) in [5.74, 6) is 0.639. The van der Waals surface area contributed by atoms with E-state index in [1.807, 2.05) is 24.3 Å². The van der Waals surface area contributed by atoms with Crippen molar-refractivity contribution in [3.8, 4) is 0 Å². The van der Waals surface area contributed by atoms with Gasteiger partial charge >= 0.3 is 0 Å². The predicted octanol–water partition coefficient (Wildman–Crippen LogP) is 3.74. The van der Waals surface area contributed by atoms with Crippen LogP contribution in [0.4, 0.5) is 0 Å². The van der Waals surface area contributed by atoms with Crippen molar-refractivity contribution in [2.45, 2.75) is 24.1 Å². The first-order chi connectivity index (χ1) is 8.15. The molecule has 2 rings (SSSR count). The van der Waals surface area contributed by atoms with Gasteiger partial charge in [-0.2, -0.15) is 0 Å². The summed E-state index contributed by atoms with van der Waals surface area (Å²) in [4.78, 5) is 12.5. The van der Waals surface area contributed by atoms with E-state index in [0.29, 0.717) is 16.3 Å². The van der Waals surface area contributed by atoms with E-state index in [1.54, 1.807) is 0 Å². The quantitative estimate of drug-likeness (QED) is 0.817. The molecule has 0 aromatic heterocycles. The first kappa shape index (κ1) is 13.1. The van der Waals surface area contributed by atoms with Gasteiger partial charge in [-0.1, -0.05) is 37.9 Å². The number of hydrogen-bond acceptors (Lipinski definition) is 1. The van der Waals surface area contributed by atoms with Gasteiger partial charge in [0.15, 0.2) is 0 Å². The van der Waals surface area contributed by atoms with E-state index in [1.165, 1.54) is 19.3 Å². The van der Waals surface area contributed by atoms with E-state index in [2.05, 4.69) is 37.2 Å². The largest absolute Gasteiger partial charge is 0.352 e. The summed E-state index contributed by atoms with van der Waals surface area (Å²) in [6.45, 7) is 0.785. The zero-order valence-corrected chi connectivity index (χ0v) is 12.6. The third-order valence-corrected chi connectivity index (χ3v) is 4.44. The smallest absolute Gasteiger partial charge is 0.251 e. The normalized spacial score (nSPS) is 23.6. The summed E-state index contributed by atoms with van der Waals surface area (Å²) in [7, 11) is 0. The van der Waals surface area contributed by atoms with Gasteiger partial charge in [0, 0.05) is 21.4 Å². The maximum Gasteiger partial charge on any atom is 0.251 e. The molecule has 1 aromatic rings. The molecule has 1 saturated carbocycles. The van der Waals surface area contributed by atoms with Crippen molar-refractivity contribution >= 4 is 37.8 Å². The second-order valence-corrected chi connectivity index (χ2v) is 6.71. The van der Waals surface area contributed by atoms with Crippen molar-refractivity contribution in [2.75, 3.05) is 6.54 Å². The van der Waals surface area contributed by atoms with Crippen LogP contribution in [0.5, 0.6) is 0 Å². The number of halogens is 2. The van der Waals surface area contributed by atoms with Crippen LogP contribution in [0.3, 0.4) is 0 Å². The Hall–Kier alpha value is -0.350. The molecule has 92 valence electrons. The van der Waals surface area contributed by atoms with Gasteiger partial charge in [-0.15, -0.1) is 0 Å². The molecule has 0 spiro atoms. The van der Waals surface area contributed by atoms with E-state index in [-0.39, 0.29) is 5.91 Å². The standard InChI is InChI=1S/C13H15Br2NO/c14-11-3-1-2-10(7-11)13(17)16-8-9-4-5-12(15)6-9/h1-3,7,9,12H,4-6,8H2,(H,16,17). The molecule has 17 heavy (non-hydrogen) atoms. The minimum Gasteiger partial charge on any atom is -0.352 e. The molecule has 0 saturated heterocycles.